The molecule has 1 heteroatoms. The van der Waals surface area contributed by atoms with Crippen molar-refractivity contribution in [3.63, 3.8) is 0 Å². The molecule has 2 N–H and O–H groups in total. The van der Waals surface area contributed by atoms with Crippen LogP contribution in [-0.2, 0) is 0 Å². The summed E-state index contributed by atoms with van der Waals surface area (Å²) in [5.41, 5.74) is 6.43. The van der Waals surface area contributed by atoms with Crippen LogP contribution >= 0.6 is 0 Å². The maximum Gasteiger partial charge on any atom is 0.0154 e. The molecule has 0 rings (SSSR count). The van der Waals surface area contributed by atoms with E-state index in [-0.39, 0.29) is 5.54 Å². The number of nitrogens with two attached hydrogens (primary N) is 1. The third-order valence-electron chi connectivity index (χ3n) is 2.74. The van der Waals surface area contributed by atoms with E-state index in [1.165, 1.54) is 19.3 Å². The van der Waals surface area contributed by atoms with Crippen LogP contribution in [0, 0.1) is 12.3 Å². The maximum atomic E-state index is 6.35. The second kappa shape index (κ2) is 7.88. The zero-order chi connectivity index (χ0) is 10.9. The van der Waals surface area contributed by atoms with E-state index < -0.39 is 0 Å². The predicted octanol–water partition coefficient (Wildman–Crippen LogP) is 3.48. The van der Waals surface area contributed by atoms with Gasteiger partial charge in [0.05, 0.1) is 0 Å². The first kappa shape index (κ1) is 13.5. The van der Waals surface area contributed by atoms with Crippen LogP contribution in [0.15, 0.2) is 0 Å². The minimum Gasteiger partial charge on any atom is -0.325 e. The average Bonchev–Trinajstić information content (AvgIpc) is 2.13. The van der Waals surface area contributed by atoms with Crippen LogP contribution in [0.3, 0.4) is 0 Å². The van der Waals surface area contributed by atoms with E-state index in [0.29, 0.717) is 0 Å². The highest BCUT2D eigenvalue weighted by Gasteiger charge is 2.21. The monoisotopic (exact) mass is 195 g/mol. The van der Waals surface area contributed by atoms with E-state index in [2.05, 4.69) is 19.8 Å². The summed E-state index contributed by atoms with van der Waals surface area (Å²) in [5, 5.41) is 0. The van der Waals surface area contributed by atoms with Crippen LogP contribution in [0.5, 0.6) is 0 Å². The fourth-order valence-corrected chi connectivity index (χ4v) is 2.07. The van der Waals surface area contributed by atoms with Gasteiger partial charge in [-0.3, -0.25) is 0 Å². The molecule has 0 bridgehead atoms. The Balaban J connectivity index is 3.78. The number of unbranched alkanes of at least 4 members (excludes halogenated alkanes) is 2. The van der Waals surface area contributed by atoms with Crippen molar-refractivity contribution in [1.82, 2.24) is 0 Å². The zero-order valence-electron chi connectivity index (χ0n) is 9.81. The molecular weight excluding hydrogens is 170 g/mol. The van der Waals surface area contributed by atoms with Crippen molar-refractivity contribution in [1.29, 1.82) is 0 Å². The van der Waals surface area contributed by atoms with E-state index in [9.17, 15) is 0 Å². The summed E-state index contributed by atoms with van der Waals surface area (Å²) < 4.78 is 0. The molecule has 0 atom stereocenters. The first-order chi connectivity index (χ1) is 6.68. The Bertz CT molecular complexity index is 161. The van der Waals surface area contributed by atoms with Gasteiger partial charge in [0.1, 0.15) is 0 Å². The Morgan fingerprint density at radius 1 is 1.07 bits per heavy atom. The molecule has 1 nitrogen and oxygen atoms in total. The van der Waals surface area contributed by atoms with E-state index in [4.69, 9.17) is 12.2 Å². The molecule has 0 fully saturated rings. The van der Waals surface area contributed by atoms with Gasteiger partial charge in [0, 0.05) is 12.0 Å². The highest BCUT2D eigenvalue weighted by atomic mass is 14.7. The van der Waals surface area contributed by atoms with Gasteiger partial charge in [0.15, 0.2) is 0 Å². The number of hydrogen-bond acceptors (Lipinski definition) is 1. The standard InChI is InChI=1S/C13H25N/c1-4-7-8-9-12-13(14,10-5-2)11-6-3/h1H,5-12,14H2,2-3H3. The van der Waals surface area contributed by atoms with Gasteiger partial charge in [-0.15, -0.1) is 12.3 Å². The van der Waals surface area contributed by atoms with Crippen LogP contribution in [0.2, 0.25) is 0 Å². The minimum absolute atomic E-state index is 0.0814. The van der Waals surface area contributed by atoms with E-state index in [1.807, 2.05) is 0 Å². The second-order valence-electron chi connectivity index (χ2n) is 4.27. The van der Waals surface area contributed by atoms with Crippen molar-refractivity contribution < 1.29 is 0 Å². The minimum atomic E-state index is 0.0814. The van der Waals surface area contributed by atoms with Gasteiger partial charge in [0.25, 0.3) is 0 Å². The Labute approximate surface area is 89.5 Å². The molecule has 0 heterocycles. The normalized spacial score (nSPS) is 11.3. The van der Waals surface area contributed by atoms with Crippen molar-refractivity contribution in [3.05, 3.63) is 0 Å². The Hall–Kier alpha value is -0.480. The van der Waals surface area contributed by atoms with E-state index in [1.54, 1.807) is 0 Å². The lowest BCUT2D eigenvalue weighted by Crippen LogP contribution is -2.39. The molecule has 0 aliphatic heterocycles. The molecule has 0 aliphatic carbocycles. The molecule has 0 aliphatic rings. The topological polar surface area (TPSA) is 26.0 Å². The fraction of sp³-hybridized carbons (Fsp3) is 0.846. The lowest BCUT2D eigenvalue weighted by molar-refractivity contribution is 0.323. The van der Waals surface area contributed by atoms with E-state index >= 15 is 0 Å². The summed E-state index contributed by atoms with van der Waals surface area (Å²) in [6.07, 6.45) is 14.2. The van der Waals surface area contributed by atoms with Gasteiger partial charge < -0.3 is 5.73 Å². The summed E-state index contributed by atoms with van der Waals surface area (Å²) in [6, 6.07) is 0. The van der Waals surface area contributed by atoms with Crippen molar-refractivity contribution in [2.75, 3.05) is 0 Å². The van der Waals surface area contributed by atoms with Crippen LogP contribution in [0.1, 0.15) is 65.2 Å². The molecule has 0 unspecified atom stereocenters. The van der Waals surface area contributed by atoms with Gasteiger partial charge in [-0.25, -0.2) is 0 Å². The zero-order valence-corrected chi connectivity index (χ0v) is 9.81. The molecule has 0 saturated heterocycles. The van der Waals surface area contributed by atoms with Gasteiger partial charge >= 0.3 is 0 Å². The number of terminal acetylenes is 1. The van der Waals surface area contributed by atoms with Crippen LogP contribution < -0.4 is 5.73 Å². The van der Waals surface area contributed by atoms with Crippen LogP contribution in [0.25, 0.3) is 0 Å². The quantitative estimate of drug-likeness (QED) is 0.466. The summed E-state index contributed by atoms with van der Waals surface area (Å²) in [7, 11) is 0. The van der Waals surface area contributed by atoms with Crippen molar-refractivity contribution in [2.24, 2.45) is 5.73 Å². The molecule has 0 aromatic carbocycles. The largest absolute Gasteiger partial charge is 0.325 e. The number of rotatable bonds is 8. The maximum absolute atomic E-state index is 6.35. The first-order valence-electron chi connectivity index (χ1n) is 5.91. The highest BCUT2D eigenvalue weighted by molar-refractivity contribution is 4.86. The van der Waals surface area contributed by atoms with Crippen molar-refractivity contribution in [3.8, 4) is 12.3 Å². The van der Waals surface area contributed by atoms with Crippen molar-refractivity contribution >= 4 is 0 Å². The van der Waals surface area contributed by atoms with Gasteiger partial charge in [-0.1, -0.05) is 33.1 Å². The van der Waals surface area contributed by atoms with E-state index in [0.717, 1.165) is 32.1 Å². The molecule has 14 heavy (non-hydrogen) atoms. The second-order valence-corrected chi connectivity index (χ2v) is 4.27. The summed E-state index contributed by atoms with van der Waals surface area (Å²) >= 11 is 0. The van der Waals surface area contributed by atoms with Crippen LogP contribution in [0.4, 0.5) is 0 Å². The first-order valence-corrected chi connectivity index (χ1v) is 5.91. The average molecular weight is 195 g/mol. The Morgan fingerprint density at radius 3 is 2.07 bits per heavy atom. The molecule has 0 aromatic heterocycles. The highest BCUT2D eigenvalue weighted by Crippen LogP contribution is 2.23. The molecule has 0 amide bonds. The molecule has 82 valence electrons. The summed E-state index contributed by atoms with van der Waals surface area (Å²) in [6.45, 7) is 4.41. The molecule has 0 spiro atoms. The molecule has 0 aromatic rings. The lowest BCUT2D eigenvalue weighted by atomic mass is 9.85. The van der Waals surface area contributed by atoms with Crippen LogP contribution in [-0.4, -0.2) is 5.54 Å². The molecular formula is C13H25N. The number of hydrogen-bond donors (Lipinski definition) is 1. The Morgan fingerprint density at radius 2 is 1.64 bits per heavy atom. The van der Waals surface area contributed by atoms with Gasteiger partial charge in [0.2, 0.25) is 0 Å². The Kier molecular flexibility index (Phi) is 7.61. The SMILES string of the molecule is C#CCCCCC(N)(CCC)CCC. The van der Waals surface area contributed by atoms with Gasteiger partial charge in [-0.05, 0) is 25.7 Å². The predicted molar refractivity (Wildman–Crippen MR) is 64.0 cm³/mol. The third kappa shape index (κ3) is 6.05. The summed E-state index contributed by atoms with van der Waals surface area (Å²) in [4.78, 5) is 0. The van der Waals surface area contributed by atoms with Gasteiger partial charge in [-0.2, -0.15) is 0 Å². The lowest BCUT2D eigenvalue weighted by Gasteiger charge is -2.29. The smallest absolute Gasteiger partial charge is 0.0154 e. The summed E-state index contributed by atoms with van der Waals surface area (Å²) in [5.74, 6) is 2.68. The van der Waals surface area contributed by atoms with Crippen molar-refractivity contribution in [2.45, 2.75) is 70.8 Å². The molecule has 0 radical (unpaired) electrons. The molecule has 0 saturated carbocycles. The fourth-order valence-electron chi connectivity index (χ4n) is 2.07. The third-order valence-corrected chi connectivity index (χ3v) is 2.74.